The van der Waals surface area contributed by atoms with Gasteiger partial charge in [0, 0.05) is 24.9 Å². The molecule has 2 rings (SSSR count). The van der Waals surface area contributed by atoms with Crippen LogP contribution in [0, 0.1) is 0 Å². The van der Waals surface area contributed by atoms with Crippen LogP contribution in [-0.2, 0) is 12.3 Å². The van der Waals surface area contributed by atoms with Crippen molar-refractivity contribution in [2.75, 3.05) is 11.9 Å². The number of nitrogens with one attached hydrogen (secondary N) is 1. The number of anilines is 1. The molecule has 0 unspecified atom stereocenters. The SMILES string of the molecule is ClCc1nnc(NCCc2ccccn2)o1. The molecule has 16 heavy (non-hydrogen) atoms. The normalized spacial score (nSPS) is 10.3. The summed E-state index contributed by atoms with van der Waals surface area (Å²) in [5, 5.41) is 10.5. The molecule has 0 radical (unpaired) electrons. The smallest absolute Gasteiger partial charge is 0.315 e. The van der Waals surface area contributed by atoms with Crippen LogP contribution >= 0.6 is 11.6 Å². The Hall–Kier alpha value is -1.62. The van der Waals surface area contributed by atoms with Crippen LogP contribution in [0.25, 0.3) is 0 Å². The van der Waals surface area contributed by atoms with E-state index in [1.54, 1.807) is 6.20 Å². The number of hydrogen-bond acceptors (Lipinski definition) is 5. The Morgan fingerprint density at radius 2 is 2.25 bits per heavy atom. The van der Waals surface area contributed by atoms with Gasteiger partial charge in [-0.15, -0.1) is 16.7 Å². The lowest BCUT2D eigenvalue weighted by Gasteiger charge is -2.00. The molecule has 0 amide bonds. The van der Waals surface area contributed by atoms with Gasteiger partial charge in [-0.1, -0.05) is 11.2 Å². The summed E-state index contributed by atoms with van der Waals surface area (Å²) < 4.78 is 5.19. The maximum atomic E-state index is 5.54. The van der Waals surface area contributed by atoms with Gasteiger partial charge in [-0.05, 0) is 12.1 Å². The zero-order valence-electron chi connectivity index (χ0n) is 8.56. The molecular formula is C10H11ClN4O. The largest absolute Gasteiger partial charge is 0.407 e. The van der Waals surface area contributed by atoms with Crippen LogP contribution in [0.2, 0.25) is 0 Å². The quantitative estimate of drug-likeness (QED) is 0.806. The highest BCUT2D eigenvalue weighted by molar-refractivity contribution is 6.16. The van der Waals surface area contributed by atoms with E-state index in [4.69, 9.17) is 16.0 Å². The van der Waals surface area contributed by atoms with E-state index in [1.807, 2.05) is 18.2 Å². The molecule has 5 nitrogen and oxygen atoms in total. The van der Waals surface area contributed by atoms with Gasteiger partial charge in [0.25, 0.3) is 0 Å². The fraction of sp³-hybridized carbons (Fsp3) is 0.300. The second kappa shape index (κ2) is 5.46. The number of rotatable bonds is 5. The number of pyridine rings is 1. The summed E-state index contributed by atoms with van der Waals surface area (Å²) >= 11 is 5.54. The zero-order valence-corrected chi connectivity index (χ0v) is 9.31. The van der Waals surface area contributed by atoms with Crippen LogP contribution in [0.5, 0.6) is 0 Å². The Labute approximate surface area is 97.9 Å². The number of halogens is 1. The molecule has 0 fully saturated rings. The lowest BCUT2D eigenvalue weighted by molar-refractivity contribution is 0.525. The summed E-state index contributed by atoms with van der Waals surface area (Å²) in [6.07, 6.45) is 2.58. The van der Waals surface area contributed by atoms with E-state index in [2.05, 4.69) is 20.5 Å². The van der Waals surface area contributed by atoms with E-state index in [-0.39, 0.29) is 5.88 Å². The van der Waals surface area contributed by atoms with Crippen LogP contribution in [0.1, 0.15) is 11.6 Å². The van der Waals surface area contributed by atoms with Gasteiger partial charge in [0.2, 0.25) is 5.89 Å². The van der Waals surface area contributed by atoms with E-state index in [9.17, 15) is 0 Å². The first kappa shape index (κ1) is 10.9. The van der Waals surface area contributed by atoms with E-state index >= 15 is 0 Å². The third kappa shape index (κ3) is 2.93. The van der Waals surface area contributed by atoms with Gasteiger partial charge in [-0.25, -0.2) is 0 Å². The van der Waals surface area contributed by atoms with Gasteiger partial charge >= 0.3 is 6.01 Å². The van der Waals surface area contributed by atoms with Crippen molar-refractivity contribution in [1.29, 1.82) is 0 Å². The minimum atomic E-state index is 0.231. The molecule has 0 aliphatic heterocycles. The van der Waals surface area contributed by atoms with Crippen molar-refractivity contribution >= 4 is 17.6 Å². The Balaban J connectivity index is 1.80. The molecule has 0 bridgehead atoms. The molecule has 2 aromatic heterocycles. The molecule has 2 heterocycles. The molecule has 6 heteroatoms. The first-order chi connectivity index (χ1) is 7.88. The summed E-state index contributed by atoms with van der Waals surface area (Å²) in [6.45, 7) is 0.695. The molecule has 0 saturated carbocycles. The minimum Gasteiger partial charge on any atom is -0.407 e. The van der Waals surface area contributed by atoms with Crippen molar-refractivity contribution in [3.8, 4) is 0 Å². The van der Waals surface area contributed by atoms with Crippen LogP contribution in [0.4, 0.5) is 6.01 Å². The monoisotopic (exact) mass is 238 g/mol. The fourth-order valence-corrected chi connectivity index (χ4v) is 1.33. The number of hydrogen-bond donors (Lipinski definition) is 1. The maximum absolute atomic E-state index is 5.54. The molecule has 0 aromatic carbocycles. The second-order valence-electron chi connectivity index (χ2n) is 3.13. The lowest BCUT2D eigenvalue weighted by atomic mass is 10.3. The molecule has 0 spiro atoms. The average Bonchev–Trinajstić information content (AvgIpc) is 2.78. The molecular weight excluding hydrogens is 228 g/mol. The molecule has 0 saturated heterocycles. The summed E-state index contributed by atoms with van der Waals surface area (Å²) in [5.74, 6) is 0.650. The predicted molar refractivity (Wildman–Crippen MR) is 60.3 cm³/mol. The summed E-state index contributed by atoms with van der Waals surface area (Å²) in [6, 6.07) is 6.22. The van der Waals surface area contributed by atoms with Gasteiger partial charge in [0.05, 0.1) is 0 Å². The topological polar surface area (TPSA) is 63.8 Å². The van der Waals surface area contributed by atoms with E-state index < -0.39 is 0 Å². The van der Waals surface area contributed by atoms with Crippen molar-refractivity contribution in [3.05, 3.63) is 36.0 Å². The van der Waals surface area contributed by atoms with Crippen molar-refractivity contribution in [2.45, 2.75) is 12.3 Å². The lowest BCUT2D eigenvalue weighted by Crippen LogP contribution is -2.05. The Bertz CT molecular complexity index is 431. The Morgan fingerprint density at radius 3 is 2.94 bits per heavy atom. The highest BCUT2D eigenvalue weighted by Crippen LogP contribution is 2.07. The van der Waals surface area contributed by atoms with Gasteiger partial charge in [-0.3, -0.25) is 4.98 Å². The molecule has 0 aliphatic carbocycles. The van der Waals surface area contributed by atoms with Gasteiger partial charge in [0.1, 0.15) is 5.88 Å². The standard InChI is InChI=1S/C10H11ClN4O/c11-7-9-14-15-10(16-9)13-6-4-8-3-1-2-5-12-8/h1-3,5H,4,6-7H2,(H,13,15). The Kier molecular flexibility index (Phi) is 3.71. The van der Waals surface area contributed by atoms with Gasteiger partial charge < -0.3 is 9.73 Å². The van der Waals surface area contributed by atoms with Crippen molar-refractivity contribution in [3.63, 3.8) is 0 Å². The molecule has 0 atom stereocenters. The van der Waals surface area contributed by atoms with E-state index in [0.717, 1.165) is 12.1 Å². The van der Waals surface area contributed by atoms with Crippen molar-refractivity contribution in [1.82, 2.24) is 15.2 Å². The first-order valence-corrected chi connectivity index (χ1v) is 5.44. The molecule has 1 N–H and O–H groups in total. The molecule has 0 aliphatic rings. The first-order valence-electron chi connectivity index (χ1n) is 4.90. The fourth-order valence-electron chi connectivity index (χ4n) is 1.22. The van der Waals surface area contributed by atoms with E-state index in [1.165, 1.54) is 0 Å². The number of aromatic nitrogens is 3. The average molecular weight is 239 g/mol. The van der Waals surface area contributed by atoms with Crippen LogP contribution in [-0.4, -0.2) is 21.7 Å². The summed E-state index contributed by atoms with van der Waals surface area (Å²) in [4.78, 5) is 4.20. The Morgan fingerprint density at radius 1 is 1.31 bits per heavy atom. The molecule has 84 valence electrons. The van der Waals surface area contributed by atoms with Crippen LogP contribution < -0.4 is 5.32 Å². The van der Waals surface area contributed by atoms with Crippen LogP contribution in [0.15, 0.2) is 28.8 Å². The van der Waals surface area contributed by atoms with Gasteiger partial charge in [0.15, 0.2) is 0 Å². The summed E-state index contributed by atoms with van der Waals surface area (Å²) in [5.41, 5.74) is 1.02. The number of alkyl halides is 1. The summed E-state index contributed by atoms with van der Waals surface area (Å²) in [7, 11) is 0. The van der Waals surface area contributed by atoms with Crippen molar-refractivity contribution < 1.29 is 4.42 Å². The zero-order chi connectivity index (χ0) is 11.2. The van der Waals surface area contributed by atoms with Crippen molar-refractivity contribution in [2.24, 2.45) is 0 Å². The van der Waals surface area contributed by atoms with Gasteiger partial charge in [-0.2, -0.15) is 0 Å². The molecule has 2 aromatic rings. The predicted octanol–water partition coefficient (Wildman–Crippen LogP) is 1.86. The second-order valence-corrected chi connectivity index (χ2v) is 3.40. The third-order valence-electron chi connectivity index (χ3n) is 1.96. The third-order valence-corrected chi connectivity index (χ3v) is 2.19. The van der Waals surface area contributed by atoms with Crippen LogP contribution in [0.3, 0.4) is 0 Å². The highest BCUT2D eigenvalue weighted by atomic mass is 35.5. The van der Waals surface area contributed by atoms with E-state index in [0.29, 0.717) is 18.5 Å². The number of nitrogens with zero attached hydrogens (tertiary/aromatic N) is 3. The minimum absolute atomic E-state index is 0.231. The maximum Gasteiger partial charge on any atom is 0.315 e. The highest BCUT2D eigenvalue weighted by Gasteiger charge is 2.03.